The van der Waals surface area contributed by atoms with Crippen molar-refractivity contribution in [3.8, 4) is 0 Å². The summed E-state index contributed by atoms with van der Waals surface area (Å²) in [6.07, 6.45) is 6.08. The number of rotatable bonds is 7. The van der Waals surface area contributed by atoms with E-state index in [1.165, 1.54) is 4.90 Å². The van der Waals surface area contributed by atoms with Gasteiger partial charge in [0, 0.05) is 44.4 Å². The maximum atomic E-state index is 16.1. The zero-order valence-electron chi connectivity index (χ0n) is 23.1. The summed E-state index contributed by atoms with van der Waals surface area (Å²) in [7, 11) is 3.38. The molecule has 1 aliphatic heterocycles. The summed E-state index contributed by atoms with van der Waals surface area (Å²) >= 11 is 0. The van der Waals surface area contributed by atoms with Crippen LogP contribution in [0.15, 0.2) is 30.0 Å². The van der Waals surface area contributed by atoms with Crippen molar-refractivity contribution in [1.29, 1.82) is 0 Å². The number of carbonyl (C=O) groups is 2. The van der Waals surface area contributed by atoms with E-state index in [0.717, 1.165) is 25.7 Å². The minimum Gasteiger partial charge on any atom is -0.376 e. The number of halogens is 1. The molecule has 1 aromatic carbocycles. The molecule has 0 spiro atoms. The molecule has 10 heteroatoms. The van der Waals surface area contributed by atoms with E-state index in [0.29, 0.717) is 59.2 Å². The normalized spacial score (nSPS) is 20.7. The first-order chi connectivity index (χ1) is 18.8. The summed E-state index contributed by atoms with van der Waals surface area (Å²) in [5, 5.41) is 7.42. The molecule has 5 rings (SSSR count). The number of fused-ring (bicyclic) bond motifs is 1. The van der Waals surface area contributed by atoms with Gasteiger partial charge in [-0.2, -0.15) is 5.10 Å². The van der Waals surface area contributed by atoms with Crippen LogP contribution < -0.4 is 5.32 Å². The van der Waals surface area contributed by atoms with Crippen LogP contribution in [-0.2, 0) is 16.1 Å². The van der Waals surface area contributed by atoms with Gasteiger partial charge in [-0.3, -0.25) is 14.3 Å². The average Bonchev–Trinajstić information content (AvgIpc) is 3.60. The first kappa shape index (κ1) is 27.1. The van der Waals surface area contributed by atoms with Gasteiger partial charge in [-0.1, -0.05) is 19.8 Å². The molecular formula is C29H37FN6O3. The van der Waals surface area contributed by atoms with E-state index in [1.807, 2.05) is 6.92 Å². The van der Waals surface area contributed by atoms with Gasteiger partial charge >= 0.3 is 0 Å². The molecule has 39 heavy (non-hydrogen) atoms. The van der Waals surface area contributed by atoms with Crippen LogP contribution in [0.3, 0.4) is 0 Å². The Morgan fingerprint density at radius 1 is 1.23 bits per heavy atom. The van der Waals surface area contributed by atoms with Crippen molar-refractivity contribution in [2.45, 2.75) is 58.5 Å². The highest BCUT2D eigenvalue weighted by Crippen LogP contribution is 2.38. The topological polar surface area (TPSA) is 105 Å². The molecule has 2 amide bonds. The van der Waals surface area contributed by atoms with Crippen molar-refractivity contribution in [1.82, 2.24) is 30.0 Å². The number of hydrogen-bond acceptors (Lipinski definition) is 5. The molecule has 208 valence electrons. The fraction of sp³-hybridized carbons (Fsp3) is 0.517. The first-order valence-electron chi connectivity index (χ1n) is 13.8. The Kier molecular flexibility index (Phi) is 7.83. The molecule has 2 aliphatic rings. The Labute approximate surface area is 227 Å². The summed E-state index contributed by atoms with van der Waals surface area (Å²) < 4.78 is 23.3. The molecule has 1 atom stereocenters. The Morgan fingerprint density at radius 2 is 2.00 bits per heavy atom. The van der Waals surface area contributed by atoms with Crippen LogP contribution in [0.2, 0.25) is 0 Å². The van der Waals surface area contributed by atoms with Crippen LogP contribution in [0.4, 0.5) is 4.39 Å². The van der Waals surface area contributed by atoms with Crippen LogP contribution >= 0.6 is 0 Å². The molecule has 1 aliphatic carbocycles. The lowest BCUT2D eigenvalue weighted by molar-refractivity contribution is -0.125. The predicted molar refractivity (Wildman–Crippen MR) is 146 cm³/mol. The number of aromatic amines is 1. The first-order valence-corrected chi connectivity index (χ1v) is 13.8. The van der Waals surface area contributed by atoms with E-state index in [1.54, 1.807) is 43.2 Å². The second-order valence-corrected chi connectivity index (χ2v) is 10.9. The Balaban J connectivity index is 1.53. The van der Waals surface area contributed by atoms with E-state index in [9.17, 15) is 9.59 Å². The minimum atomic E-state index is -0.494. The fourth-order valence-corrected chi connectivity index (χ4v) is 5.80. The molecule has 0 radical (unpaired) electrons. The maximum Gasteiger partial charge on any atom is 0.270 e. The van der Waals surface area contributed by atoms with Crippen molar-refractivity contribution < 1.29 is 18.7 Å². The Morgan fingerprint density at radius 3 is 2.72 bits per heavy atom. The van der Waals surface area contributed by atoms with Gasteiger partial charge in [-0.05, 0) is 55.4 Å². The molecule has 1 saturated carbocycles. The van der Waals surface area contributed by atoms with Crippen molar-refractivity contribution in [2.75, 3.05) is 27.3 Å². The van der Waals surface area contributed by atoms with Gasteiger partial charge in [-0.15, -0.1) is 0 Å². The number of benzene rings is 1. The summed E-state index contributed by atoms with van der Waals surface area (Å²) in [5.41, 5.74) is 2.67. The van der Waals surface area contributed by atoms with Crippen LogP contribution in [0.25, 0.3) is 16.6 Å². The number of likely N-dealkylation sites (N-methyl/N-ethyl adjacent to an activating group) is 1. The number of amides is 2. The smallest absolute Gasteiger partial charge is 0.270 e. The number of nitrogens with zero attached hydrogens (tertiary/aromatic N) is 4. The van der Waals surface area contributed by atoms with Gasteiger partial charge < -0.3 is 19.9 Å². The van der Waals surface area contributed by atoms with E-state index in [-0.39, 0.29) is 29.9 Å². The third-order valence-electron chi connectivity index (χ3n) is 8.07. The van der Waals surface area contributed by atoms with Gasteiger partial charge in [0.25, 0.3) is 5.91 Å². The fourth-order valence-electron chi connectivity index (χ4n) is 5.80. The molecule has 0 saturated heterocycles. The zero-order valence-corrected chi connectivity index (χ0v) is 23.1. The highest BCUT2D eigenvalue weighted by Gasteiger charge is 2.32. The highest BCUT2D eigenvalue weighted by molar-refractivity contribution is 6.02. The highest BCUT2D eigenvalue weighted by atomic mass is 19.1. The lowest BCUT2D eigenvalue weighted by Gasteiger charge is -2.32. The lowest BCUT2D eigenvalue weighted by Crippen LogP contribution is -2.36. The number of nitrogens with one attached hydrogen (secondary N) is 2. The molecule has 0 unspecified atom stereocenters. The second kappa shape index (κ2) is 11.3. The number of aryl methyl sites for hydroxylation is 1. The molecule has 3 heterocycles. The predicted octanol–water partition coefficient (Wildman–Crippen LogP) is 4.48. The number of hydrogen-bond donors (Lipinski definition) is 2. The Hall–Kier alpha value is -3.53. The third kappa shape index (κ3) is 5.34. The lowest BCUT2D eigenvalue weighted by atomic mass is 9.79. The summed E-state index contributed by atoms with van der Waals surface area (Å²) in [4.78, 5) is 35.7. The van der Waals surface area contributed by atoms with Crippen molar-refractivity contribution in [3.05, 3.63) is 52.9 Å². The third-order valence-corrected chi connectivity index (χ3v) is 8.07. The van der Waals surface area contributed by atoms with Gasteiger partial charge in [-0.25, -0.2) is 9.37 Å². The quantitative estimate of drug-likeness (QED) is 0.463. The largest absolute Gasteiger partial charge is 0.376 e. The van der Waals surface area contributed by atoms with Crippen LogP contribution in [0, 0.1) is 17.7 Å². The summed E-state index contributed by atoms with van der Waals surface area (Å²) in [6.45, 7) is 5.36. The number of carbonyl (C=O) groups excluding carboxylic acids is 2. The SMILES string of the molecule is CCn1nccc1C(=O)N[C@H](c1nc2c(F)c(C3=C(C(=O)N(C)C)CCOC3)ccc2[nH]1)[C@H]1CC[C@H](C)CC1. The van der Waals surface area contributed by atoms with Crippen molar-refractivity contribution in [2.24, 2.45) is 11.8 Å². The van der Waals surface area contributed by atoms with E-state index in [4.69, 9.17) is 9.72 Å². The van der Waals surface area contributed by atoms with Crippen LogP contribution in [0.5, 0.6) is 0 Å². The van der Waals surface area contributed by atoms with Crippen molar-refractivity contribution in [3.63, 3.8) is 0 Å². The van der Waals surface area contributed by atoms with Gasteiger partial charge in [0.1, 0.15) is 17.0 Å². The number of ether oxygens (including phenoxy) is 1. The summed E-state index contributed by atoms with van der Waals surface area (Å²) in [5.74, 6) is 0.484. The molecular weight excluding hydrogens is 499 g/mol. The van der Waals surface area contributed by atoms with Gasteiger partial charge in [0.2, 0.25) is 5.91 Å². The number of imidazole rings is 1. The second-order valence-electron chi connectivity index (χ2n) is 10.9. The van der Waals surface area contributed by atoms with E-state index >= 15 is 4.39 Å². The molecule has 9 nitrogen and oxygen atoms in total. The van der Waals surface area contributed by atoms with Gasteiger partial charge in [0.15, 0.2) is 5.82 Å². The number of aromatic nitrogens is 4. The number of H-pyrrole nitrogens is 1. The van der Waals surface area contributed by atoms with E-state index in [2.05, 4.69) is 22.3 Å². The zero-order chi connectivity index (χ0) is 27.7. The van der Waals surface area contributed by atoms with Crippen molar-refractivity contribution >= 4 is 28.4 Å². The monoisotopic (exact) mass is 536 g/mol. The molecule has 1 fully saturated rings. The molecule has 2 N–H and O–H groups in total. The molecule has 2 aromatic heterocycles. The summed E-state index contributed by atoms with van der Waals surface area (Å²) in [6, 6.07) is 4.78. The van der Waals surface area contributed by atoms with Crippen LogP contribution in [-0.4, -0.2) is 63.8 Å². The minimum absolute atomic E-state index is 0.142. The van der Waals surface area contributed by atoms with E-state index < -0.39 is 11.9 Å². The molecule has 3 aromatic rings. The maximum absolute atomic E-state index is 16.1. The van der Waals surface area contributed by atoms with Gasteiger partial charge in [0.05, 0.1) is 24.8 Å². The van der Waals surface area contributed by atoms with Crippen LogP contribution in [0.1, 0.15) is 73.9 Å². The standard InChI is InChI=1S/C29H37FN6O3/c1-5-36-23(12-14-31-36)28(37)34-25(18-8-6-17(2)7-9-18)27-32-22-11-10-19(24(30)26(22)33-27)21-16-39-15-13-20(21)29(38)35(3)4/h10-12,14,17-18,25H,5-9,13,15-16H2,1-4H3,(H,32,33)(H,34,37)/t17-,18-,25-/m0/s1. The average molecular weight is 537 g/mol. The molecule has 0 bridgehead atoms. The Bertz CT molecular complexity index is 1400.